The molecule has 4 nitrogen and oxygen atoms in total. The van der Waals surface area contributed by atoms with Crippen LogP contribution in [0.2, 0.25) is 0 Å². The van der Waals surface area contributed by atoms with E-state index in [9.17, 15) is 9.18 Å². The molecule has 1 unspecified atom stereocenters. The molecule has 1 fully saturated rings. The number of hydrogen-bond donors (Lipinski definition) is 0. The molecule has 1 aliphatic heterocycles. The quantitative estimate of drug-likeness (QED) is 0.685. The number of piperazine rings is 1. The number of amides is 1. The lowest BCUT2D eigenvalue weighted by atomic mass is 10.1. The van der Waals surface area contributed by atoms with Crippen molar-refractivity contribution in [1.82, 2.24) is 4.90 Å². The highest BCUT2D eigenvalue weighted by Gasteiger charge is 2.27. The molecule has 1 atom stereocenters. The second kappa shape index (κ2) is 7.89. The maximum absolute atomic E-state index is 14.0. The van der Waals surface area contributed by atoms with Crippen molar-refractivity contribution in [3.05, 3.63) is 72.5 Å². The third-order valence-electron chi connectivity index (χ3n) is 5.19. The van der Waals surface area contributed by atoms with Gasteiger partial charge in [0.15, 0.2) is 6.10 Å². The van der Waals surface area contributed by atoms with E-state index in [-0.39, 0.29) is 11.7 Å². The number of carbonyl (C=O) groups is 1. The Kier molecular flexibility index (Phi) is 5.15. The first kappa shape index (κ1) is 18.3. The van der Waals surface area contributed by atoms with Gasteiger partial charge in [-0.3, -0.25) is 4.79 Å². The first-order chi connectivity index (χ1) is 13.6. The number of carbonyl (C=O) groups excluding carboxylic acids is 1. The Bertz CT molecular complexity index is 978. The molecule has 3 aromatic rings. The van der Waals surface area contributed by atoms with Gasteiger partial charge in [0.2, 0.25) is 0 Å². The molecule has 144 valence electrons. The van der Waals surface area contributed by atoms with Gasteiger partial charge in [-0.25, -0.2) is 4.39 Å². The molecule has 4 rings (SSSR count). The number of fused-ring (bicyclic) bond motifs is 1. The highest BCUT2D eigenvalue weighted by molar-refractivity contribution is 5.89. The van der Waals surface area contributed by atoms with Crippen LogP contribution in [0.25, 0.3) is 10.8 Å². The van der Waals surface area contributed by atoms with Gasteiger partial charge in [0, 0.05) is 31.6 Å². The summed E-state index contributed by atoms with van der Waals surface area (Å²) < 4.78 is 20.0. The second-order valence-corrected chi connectivity index (χ2v) is 7.00. The third kappa shape index (κ3) is 3.65. The number of benzene rings is 3. The minimum atomic E-state index is -0.578. The Balaban J connectivity index is 1.40. The molecular weight excluding hydrogens is 355 g/mol. The number of anilines is 1. The molecule has 0 N–H and O–H groups in total. The van der Waals surface area contributed by atoms with Crippen LogP contribution in [0.1, 0.15) is 6.92 Å². The first-order valence-electron chi connectivity index (χ1n) is 9.56. The zero-order valence-electron chi connectivity index (χ0n) is 15.8. The van der Waals surface area contributed by atoms with E-state index < -0.39 is 6.10 Å². The van der Waals surface area contributed by atoms with Gasteiger partial charge in [-0.15, -0.1) is 0 Å². The van der Waals surface area contributed by atoms with E-state index in [1.165, 1.54) is 6.07 Å². The molecule has 5 heteroatoms. The molecule has 1 heterocycles. The van der Waals surface area contributed by atoms with Crippen LogP contribution >= 0.6 is 0 Å². The number of rotatable bonds is 4. The van der Waals surface area contributed by atoms with Crippen molar-refractivity contribution >= 4 is 22.4 Å². The van der Waals surface area contributed by atoms with Gasteiger partial charge in [-0.1, -0.05) is 48.5 Å². The number of para-hydroxylation sites is 1. The normalized spacial score (nSPS) is 15.5. The van der Waals surface area contributed by atoms with Gasteiger partial charge in [0.05, 0.1) is 5.69 Å². The van der Waals surface area contributed by atoms with Crippen LogP contribution in [0.5, 0.6) is 5.75 Å². The minimum Gasteiger partial charge on any atom is -0.480 e. The summed E-state index contributed by atoms with van der Waals surface area (Å²) in [5.74, 6) is 0.444. The van der Waals surface area contributed by atoms with Crippen molar-refractivity contribution in [3.63, 3.8) is 0 Å². The molecule has 0 aromatic heterocycles. The maximum atomic E-state index is 14.0. The van der Waals surface area contributed by atoms with Crippen LogP contribution in [-0.2, 0) is 4.79 Å². The standard InChI is InChI=1S/C23H23FN2O2/c1-17(28-22-12-6-8-18-7-2-3-9-19(18)22)23(27)26-15-13-25(14-16-26)21-11-5-4-10-20(21)24/h2-12,17H,13-16H2,1H3. The maximum Gasteiger partial charge on any atom is 0.263 e. The van der Waals surface area contributed by atoms with Crippen molar-refractivity contribution in [2.75, 3.05) is 31.1 Å². The Labute approximate surface area is 164 Å². The second-order valence-electron chi connectivity index (χ2n) is 7.00. The van der Waals surface area contributed by atoms with Crippen LogP contribution in [-0.4, -0.2) is 43.1 Å². The monoisotopic (exact) mass is 378 g/mol. The molecule has 0 radical (unpaired) electrons. The molecule has 1 amide bonds. The fourth-order valence-corrected chi connectivity index (χ4v) is 3.67. The molecule has 3 aromatic carbocycles. The summed E-state index contributed by atoms with van der Waals surface area (Å²) in [5.41, 5.74) is 0.592. The van der Waals surface area contributed by atoms with Gasteiger partial charge < -0.3 is 14.5 Å². The molecule has 28 heavy (non-hydrogen) atoms. The van der Waals surface area contributed by atoms with Crippen molar-refractivity contribution in [2.45, 2.75) is 13.0 Å². The van der Waals surface area contributed by atoms with E-state index in [1.54, 1.807) is 24.0 Å². The summed E-state index contributed by atoms with van der Waals surface area (Å²) in [4.78, 5) is 16.6. The van der Waals surface area contributed by atoms with Crippen LogP contribution in [0.3, 0.4) is 0 Å². The van der Waals surface area contributed by atoms with Gasteiger partial charge in [-0.2, -0.15) is 0 Å². The fraction of sp³-hybridized carbons (Fsp3) is 0.261. The summed E-state index contributed by atoms with van der Waals surface area (Å²) in [6.07, 6.45) is -0.578. The Hall–Kier alpha value is -3.08. The van der Waals surface area contributed by atoms with Gasteiger partial charge in [0.25, 0.3) is 5.91 Å². The minimum absolute atomic E-state index is 0.0406. The molecule has 1 saturated heterocycles. The fourth-order valence-electron chi connectivity index (χ4n) is 3.67. The highest BCUT2D eigenvalue weighted by atomic mass is 19.1. The number of halogens is 1. The van der Waals surface area contributed by atoms with Crippen molar-refractivity contribution in [2.24, 2.45) is 0 Å². The zero-order chi connectivity index (χ0) is 19.5. The van der Waals surface area contributed by atoms with E-state index in [0.717, 1.165) is 10.8 Å². The summed E-state index contributed by atoms with van der Waals surface area (Å²) in [7, 11) is 0. The summed E-state index contributed by atoms with van der Waals surface area (Å²) in [6.45, 7) is 4.10. The Morgan fingerprint density at radius 1 is 0.929 bits per heavy atom. The van der Waals surface area contributed by atoms with E-state index in [0.29, 0.717) is 37.6 Å². The van der Waals surface area contributed by atoms with Crippen LogP contribution < -0.4 is 9.64 Å². The lowest BCUT2D eigenvalue weighted by Gasteiger charge is -2.37. The van der Waals surface area contributed by atoms with Crippen molar-refractivity contribution in [1.29, 1.82) is 0 Å². The summed E-state index contributed by atoms with van der Waals surface area (Å²) >= 11 is 0. The smallest absolute Gasteiger partial charge is 0.263 e. The largest absolute Gasteiger partial charge is 0.480 e. The average molecular weight is 378 g/mol. The first-order valence-corrected chi connectivity index (χ1v) is 9.56. The molecule has 0 bridgehead atoms. The third-order valence-corrected chi connectivity index (χ3v) is 5.19. The van der Waals surface area contributed by atoms with Crippen LogP contribution in [0.4, 0.5) is 10.1 Å². The van der Waals surface area contributed by atoms with Crippen molar-refractivity contribution < 1.29 is 13.9 Å². The van der Waals surface area contributed by atoms with E-state index in [1.807, 2.05) is 53.4 Å². The highest BCUT2D eigenvalue weighted by Crippen LogP contribution is 2.26. The van der Waals surface area contributed by atoms with Gasteiger partial charge in [0.1, 0.15) is 11.6 Å². The van der Waals surface area contributed by atoms with Crippen LogP contribution in [0, 0.1) is 5.82 Å². The zero-order valence-corrected chi connectivity index (χ0v) is 15.8. The molecule has 0 aliphatic carbocycles. The molecule has 1 aliphatic rings. The topological polar surface area (TPSA) is 32.8 Å². The predicted octanol–water partition coefficient (Wildman–Crippen LogP) is 4.10. The predicted molar refractivity (Wildman–Crippen MR) is 109 cm³/mol. The molecular formula is C23H23FN2O2. The molecule has 0 saturated carbocycles. The van der Waals surface area contributed by atoms with E-state index in [4.69, 9.17) is 4.74 Å². The molecule has 0 spiro atoms. The van der Waals surface area contributed by atoms with E-state index in [2.05, 4.69) is 0 Å². The summed E-state index contributed by atoms with van der Waals surface area (Å²) in [6, 6.07) is 20.6. The number of ether oxygens (including phenoxy) is 1. The number of hydrogen-bond acceptors (Lipinski definition) is 3. The average Bonchev–Trinajstić information content (AvgIpc) is 2.74. The van der Waals surface area contributed by atoms with E-state index >= 15 is 0 Å². The van der Waals surface area contributed by atoms with Crippen molar-refractivity contribution in [3.8, 4) is 5.75 Å². The number of nitrogens with zero attached hydrogens (tertiary/aromatic N) is 2. The van der Waals surface area contributed by atoms with Crippen LogP contribution in [0.15, 0.2) is 66.7 Å². The Morgan fingerprint density at radius 2 is 1.61 bits per heavy atom. The lowest BCUT2D eigenvalue weighted by molar-refractivity contribution is -0.138. The summed E-state index contributed by atoms with van der Waals surface area (Å²) in [5, 5.41) is 2.08. The van der Waals surface area contributed by atoms with Gasteiger partial charge in [-0.05, 0) is 30.5 Å². The SMILES string of the molecule is CC(Oc1cccc2ccccc12)C(=O)N1CCN(c2ccccc2F)CC1. The Morgan fingerprint density at radius 3 is 2.39 bits per heavy atom. The van der Waals surface area contributed by atoms with Gasteiger partial charge >= 0.3 is 0 Å². The lowest BCUT2D eigenvalue weighted by Crippen LogP contribution is -2.52.